The number of anilines is 1. The van der Waals surface area contributed by atoms with Gasteiger partial charge in [-0.05, 0) is 29.2 Å². The van der Waals surface area contributed by atoms with Crippen molar-refractivity contribution in [3.05, 3.63) is 54.6 Å². The van der Waals surface area contributed by atoms with Crippen molar-refractivity contribution in [1.82, 2.24) is 5.32 Å². The minimum Gasteiger partial charge on any atom is -0.337 e. The van der Waals surface area contributed by atoms with Crippen molar-refractivity contribution in [1.29, 1.82) is 0 Å². The number of urea groups is 1. The number of hydrogen-bond acceptors (Lipinski definition) is 3. The van der Waals surface area contributed by atoms with Crippen molar-refractivity contribution >= 4 is 21.6 Å². The molecule has 0 aliphatic heterocycles. The largest absolute Gasteiger partial charge is 0.337 e. The molecule has 0 saturated carbocycles. The Morgan fingerprint density at radius 2 is 1.56 bits per heavy atom. The summed E-state index contributed by atoms with van der Waals surface area (Å²) in [5.74, 6) is 0.171. The Labute approximate surface area is 149 Å². The quantitative estimate of drug-likeness (QED) is 0.793. The van der Waals surface area contributed by atoms with Crippen LogP contribution in [0.1, 0.15) is 13.8 Å². The van der Waals surface area contributed by atoms with E-state index in [1.807, 2.05) is 68.4 Å². The molecule has 25 heavy (non-hydrogen) atoms. The summed E-state index contributed by atoms with van der Waals surface area (Å²) in [7, 11) is -3.13. The van der Waals surface area contributed by atoms with E-state index in [0.717, 1.165) is 11.1 Å². The number of amides is 2. The summed E-state index contributed by atoms with van der Waals surface area (Å²) >= 11 is 0. The number of sulfone groups is 1. The number of carbonyl (C=O) groups is 1. The third kappa shape index (κ3) is 6.58. The van der Waals surface area contributed by atoms with Gasteiger partial charge in [-0.2, -0.15) is 0 Å². The molecule has 0 unspecified atom stereocenters. The summed E-state index contributed by atoms with van der Waals surface area (Å²) in [5.41, 5.74) is 2.82. The van der Waals surface area contributed by atoms with Crippen LogP contribution in [0.2, 0.25) is 0 Å². The van der Waals surface area contributed by atoms with Gasteiger partial charge in [0.25, 0.3) is 0 Å². The van der Waals surface area contributed by atoms with Gasteiger partial charge in [-0.3, -0.25) is 0 Å². The first kappa shape index (κ1) is 19.0. The lowest BCUT2D eigenvalue weighted by Crippen LogP contribution is -2.33. The lowest BCUT2D eigenvalue weighted by Gasteiger charge is -2.10. The van der Waals surface area contributed by atoms with Gasteiger partial charge in [0, 0.05) is 12.2 Å². The van der Waals surface area contributed by atoms with Crippen molar-refractivity contribution in [2.45, 2.75) is 13.8 Å². The second kappa shape index (κ2) is 8.67. The molecule has 5 nitrogen and oxygen atoms in total. The highest BCUT2D eigenvalue weighted by Crippen LogP contribution is 2.20. The van der Waals surface area contributed by atoms with E-state index in [1.54, 1.807) is 0 Å². The highest BCUT2D eigenvalue weighted by atomic mass is 32.2. The average molecular weight is 360 g/mol. The van der Waals surface area contributed by atoms with Crippen LogP contribution >= 0.6 is 0 Å². The third-order valence-electron chi connectivity index (χ3n) is 3.54. The van der Waals surface area contributed by atoms with E-state index in [2.05, 4.69) is 10.6 Å². The van der Waals surface area contributed by atoms with Gasteiger partial charge in [0.2, 0.25) is 0 Å². The fourth-order valence-electron chi connectivity index (χ4n) is 2.46. The Kier molecular flexibility index (Phi) is 6.58. The normalized spacial score (nSPS) is 11.3. The predicted molar refractivity (Wildman–Crippen MR) is 102 cm³/mol. The SMILES string of the molecule is CC(C)CS(=O)(=O)CCNC(=O)Nc1ccc(-c2ccccc2)cc1. The zero-order chi connectivity index (χ0) is 18.3. The van der Waals surface area contributed by atoms with E-state index in [1.165, 1.54) is 0 Å². The number of benzene rings is 2. The van der Waals surface area contributed by atoms with E-state index >= 15 is 0 Å². The van der Waals surface area contributed by atoms with E-state index < -0.39 is 15.9 Å². The van der Waals surface area contributed by atoms with Crippen LogP contribution in [0, 0.1) is 5.92 Å². The van der Waals surface area contributed by atoms with Crippen LogP contribution in [0.3, 0.4) is 0 Å². The monoisotopic (exact) mass is 360 g/mol. The Balaban J connectivity index is 1.83. The topological polar surface area (TPSA) is 75.3 Å². The van der Waals surface area contributed by atoms with Crippen LogP contribution in [-0.2, 0) is 9.84 Å². The molecule has 0 saturated heterocycles. The van der Waals surface area contributed by atoms with Crippen LogP contribution in [0.5, 0.6) is 0 Å². The molecule has 6 heteroatoms. The Morgan fingerprint density at radius 1 is 0.960 bits per heavy atom. The second-order valence-corrected chi connectivity index (χ2v) is 8.56. The van der Waals surface area contributed by atoms with Gasteiger partial charge in [0.1, 0.15) is 0 Å². The summed E-state index contributed by atoms with van der Waals surface area (Å²) in [4.78, 5) is 11.9. The van der Waals surface area contributed by atoms with Gasteiger partial charge in [-0.15, -0.1) is 0 Å². The maximum absolute atomic E-state index is 11.9. The maximum Gasteiger partial charge on any atom is 0.319 e. The molecule has 0 spiro atoms. The number of nitrogens with one attached hydrogen (secondary N) is 2. The summed E-state index contributed by atoms with van der Waals surface area (Å²) in [5, 5.41) is 5.28. The first-order valence-corrected chi connectivity index (χ1v) is 10.1. The van der Waals surface area contributed by atoms with Crippen molar-refractivity contribution in [3.63, 3.8) is 0 Å². The number of rotatable bonds is 7. The standard InChI is InChI=1S/C19H24N2O3S/c1-15(2)14-25(23,24)13-12-20-19(22)21-18-10-8-17(9-11-18)16-6-4-3-5-7-16/h3-11,15H,12-14H2,1-2H3,(H2,20,21,22). The van der Waals surface area contributed by atoms with Gasteiger partial charge in [-0.1, -0.05) is 56.3 Å². The molecular weight excluding hydrogens is 336 g/mol. The van der Waals surface area contributed by atoms with Gasteiger partial charge >= 0.3 is 6.03 Å². The van der Waals surface area contributed by atoms with Crippen molar-refractivity contribution < 1.29 is 13.2 Å². The van der Waals surface area contributed by atoms with E-state index in [0.29, 0.717) is 5.69 Å². The van der Waals surface area contributed by atoms with Gasteiger partial charge in [0.15, 0.2) is 9.84 Å². The summed E-state index contributed by atoms with van der Waals surface area (Å²) in [6, 6.07) is 17.0. The molecule has 0 atom stereocenters. The van der Waals surface area contributed by atoms with Crippen molar-refractivity contribution in [2.24, 2.45) is 5.92 Å². The van der Waals surface area contributed by atoms with Gasteiger partial charge < -0.3 is 10.6 Å². The molecule has 2 aromatic rings. The fraction of sp³-hybridized carbons (Fsp3) is 0.316. The number of carbonyl (C=O) groups excluding carboxylic acids is 1. The zero-order valence-corrected chi connectivity index (χ0v) is 15.3. The minimum absolute atomic E-state index is 0.0501. The Hall–Kier alpha value is -2.34. The van der Waals surface area contributed by atoms with Crippen molar-refractivity contribution in [3.8, 4) is 11.1 Å². The van der Waals surface area contributed by atoms with Crippen LogP contribution in [0.15, 0.2) is 54.6 Å². The molecule has 0 bridgehead atoms. The molecule has 0 aliphatic rings. The molecule has 0 heterocycles. The molecule has 134 valence electrons. The van der Waals surface area contributed by atoms with Crippen LogP contribution in [0.4, 0.5) is 10.5 Å². The smallest absolute Gasteiger partial charge is 0.319 e. The van der Waals surface area contributed by atoms with Crippen molar-refractivity contribution in [2.75, 3.05) is 23.4 Å². The molecule has 0 aromatic heterocycles. The average Bonchev–Trinajstić information content (AvgIpc) is 2.55. The molecule has 2 amide bonds. The second-order valence-electron chi connectivity index (χ2n) is 6.33. The molecule has 2 rings (SSSR count). The van der Waals surface area contributed by atoms with Gasteiger partial charge in [0.05, 0.1) is 11.5 Å². The highest BCUT2D eigenvalue weighted by molar-refractivity contribution is 7.91. The van der Waals surface area contributed by atoms with E-state index in [-0.39, 0.29) is 24.0 Å². The summed E-state index contributed by atoms with van der Waals surface area (Å²) in [6.45, 7) is 3.82. The first-order chi connectivity index (χ1) is 11.9. The van der Waals surface area contributed by atoms with E-state index in [4.69, 9.17) is 0 Å². The molecule has 2 aromatic carbocycles. The molecule has 0 aliphatic carbocycles. The molecular formula is C19H24N2O3S. The minimum atomic E-state index is -3.13. The molecule has 2 N–H and O–H groups in total. The predicted octanol–water partition coefficient (Wildman–Crippen LogP) is 3.55. The summed E-state index contributed by atoms with van der Waals surface area (Å²) < 4.78 is 23.6. The van der Waals surface area contributed by atoms with Gasteiger partial charge in [-0.25, -0.2) is 13.2 Å². The molecule has 0 fully saturated rings. The van der Waals surface area contributed by atoms with Crippen LogP contribution in [-0.4, -0.2) is 32.5 Å². The molecule has 0 radical (unpaired) electrons. The highest BCUT2D eigenvalue weighted by Gasteiger charge is 2.13. The zero-order valence-electron chi connectivity index (χ0n) is 14.5. The number of hydrogen-bond donors (Lipinski definition) is 2. The lowest BCUT2D eigenvalue weighted by atomic mass is 10.1. The Morgan fingerprint density at radius 3 is 2.16 bits per heavy atom. The van der Waals surface area contributed by atoms with Crippen LogP contribution in [0.25, 0.3) is 11.1 Å². The first-order valence-electron chi connectivity index (χ1n) is 8.26. The van der Waals surface area contributed by atoms with E-state index in [9.17, 15) is 13.2 Å². The summed E-state index contributed by atoms with van der Waals surface area (Å²) in [6.07, 6.45) is 0. The Bertz CT molecular complexity index is 785. The maximum atomic E-state index is 11.9. The fourth-order valence-corrected chi connectivity index (χ4v) is 4.06. The lowest BCUT2D eigenvalue weighted by molar-refractivity contribution is 0.252. The van der Waals surface area contributed by atoms with Crippen LogP contribution < -0.4 is 10.6 Å². The third-order valence-corrected chi connectivity index (χ3v) is 5.54.